The number of carbonyl (C=O) groups is 3. The molecule has 1 aromatic heterocycles. The number of aliphatic carboxylic acids is 1. The average Bonchev–Trinajstić information content (AvgIpc) is 2.92. The zero-order chi connectivity index (χ0) is 17.0. The van der Waals surface area contributed by atoms with Gasteiger partial charge in [-0.2, -0.15) is 0 Å². The Morgan fingerprint density at radius 3 is 2.83 bits per heavy atom. The maximum absolute atomic E-state index is 12.2. The van der Waals surface area contributed by atoms with Crippen LogP contribution in [0.3, 0.4) is 0 Å². The number of hydroxylamine groups is 2. The molecule has 1 aromatic rings. The normalized spacial score (nSPS) is 16.9. The number of aromatic nitrogens is 1. The molecule has 1 aliphatic rings. The van der Waals surface area contributed by atoms with E-state index in [1.807, 2.05) is 0 Å². The van der Waals surface area contributed by atoms with Gasteiger partial charge in [0, 0.05) is 5.38 Å². The van der Waals surface area contributed by atoms with Crippen LogP contribution in [0, 0.1) is 0 Å². The summed E-state index contributed by atoms with van der Waals surface area (Å²) in [6.07, 6.45) is 0. The zero-order valence-electron chi connectivity index (χ0n) is 11.9. The van der Waals surface area contributed by atoms with Gasteiger partial charge in [-0.25, -0.2) is 14.8 Å². The van der Waals surface area contributed by atoms with E-state index in [0.717, 1.165) is 16.4 Å². The molecule has 2 amide bonds. The van der Waals surface area contributed by atoms with Crippen LogP contribution in [0.25, 0.3) is 0 Å². The van der Waals surface area contributed by atoms with Crippen LogP contribution < -0.4 is 11.1 Å². The molecular formula is C11H14KN5O6S. The number of thiazole rings is 1. The summed E-state index contributed by atoms with van der Waals surface area (Å²) in [5.41, 5.74) is 5.60. The molecule has 24 heavy (non-hydrogen) atoms. The van der Waals surface area contributed by atoms with Gasteiger partial charge in [0.05, 0.1) is 6.54 Å². The summed E-state index contributed by atoms with van der Waals surface area (Å²) in [7, 11) is 1.26. The van der Waals surface area contributed by atoms with Crippen LogP contribution >= 0.6 is 11.3 Å². The summed E-state index contributed by atoms with van der Waals surface area (Å²) in [6, 6.07) is -0.839. The molecule has 2 rings (SSSR count). The number of anilines is 1. The third-order valence-electron chi connectivity index (χ3n) is 2.70. The number of amides is 2. The number of carboxylic acids is 1. The number of nitrogen functional groups attached to an aromatic ring is 1. The molecular weight excluding hydrogens is 369 g/mol. The van der Waals surface area contributed by atoms with E-state index in [2.05, 4.69) is 20.3 Å². The maximum atomic E-state index is 12.2. The number of rotatable bonds is 7. The Labute approximate surface area is 182 Å². The first-order valence-corrected chi connectivity index (χ1v) is 7.09. The molecule has 11 nitrogen and oxygen atoms in total. The molecule has 1 fully saturated rings. The fourth-order valence-electron chi connectivity index (χ4n) is 1.67. The van der Waals surface area contributed by atoms with E-state index >= 15 is 0 Å². The Morgan fingerprint density at radius 1 is 1.62 bits per heavy atom. The molecule has 13 heteroatoms. The molecule has 0 bridgehead atoms. The number of nitrogens with zero attached hydrogens (tertiary/aromatic N) is 3. The van der Waals surface area contributed by atoms with E-state index in [1.165, 1.54) is 12.5 Å². The number of hydrogen-bond acceptors (Lipinski definition) is 9. The van der Waals surface area contributed by atoms with Crippen LogP contribution in [0.1, 0.15) is 5.69 Å². The van der Waals surface area contributed by atoms with Crippen LogP contribution in [-0.4, -0.2) is 116 Å². The summed E-state index contributed by atoms with van der Waals surface area (Å²) in [6.45, 7) is -0.613. The molecule has 1 unspecified atom stereocenters. The summed E-state index contributed by atoms with van der Waals surface area (Å²) >= 11 is 1.12. The van der Waals surface area contributed by atoms with E-state index in [4.69, 9.17) is 15.7 Å². The summed E-state index contributed by atoms with van der Waals surface area (Å²) in [5.74, 6) is -2.44. The minimum absolute atomic E-state index is 0. The number of hydrogen-bond donors (Lipinski definition) is 3. The van der Waals surface area contributed by atoms with Crippen molar-refractivity contribution in [3.63, 3.8) is 0 Å². The zero-order valence-corrected chi connectivity index (χ0v) is 12.7. The first kappa shape index (κ1) is 21.0. The average molecular weight is 383 g/mol. The Kier molecular flexibility index (Phi) is 8.21. The second-order valence-corrected chi connectivity index (χ2v) is 5.18. The van der Waals surface area contributed by atoms with Crippen molar-refractivity contribution in [1.29, 1.82) is 0 Å². The third kappa shape index (κ3) is 5.20. The standard InChI is InChI=1S/C11H13N5O6S.K.H/c1-21-15-8(6-4-23-11(12)14-6)9(19)13-5-2-16(10(5)20)22-3-7(17)18;;/h4-5H,2-3H2,1H3,(H2,12,14)(H,13,19)(H,17,18);;. The molecule has 0 aromatic carbocycles. The van der Waals surface area contributed by atoms with Gasteiger partial charge >= 0.3 is 57.4 Å². The summed E-state index contributed by atoms with van der Waals surface area (Å²) in [4.78, 5) is 47.5. The number of β-lactam (4-membered cyclic amide) rings is 1. The summed E-state index contributed by atoms with van der Waals surface area (Å²) in [5, 5.41) is 17.1. The molecule has 2 heterocycles. The number of nitrogens with one attached hydrogen (secondary N) is 1. The third-order valence-corrected chi connectivity index (χ3v) is 3.38. The van der Waals surface area contributed by atoms with Gasteiger partial charge < -0.3 is 21.0 Å². The summed E-state index contributed by atoms with van der Waals surface area (Å²) < 4.78 is 0. The van der Waals surface area contributed by atoms with Gasteiger partial charge in [-0.15, -0.1) is 11.3 Å². The van der Waals surface area contributed by atoms with Crippen LogP contribution in [-0.2, 0) is 24.1 Å². The molecule has 1 aliphatic heterocycles. The number of carbonyl (C=O) groups excluding carboxylic acids is 2. The quantitative estimate of drug-likeness (QED) is 0.207. The van der Waals surface area contributed by atoms with Crippen LogP contribution in [0.5, 0.6) is 0 Å². The van der Waals surface area contributed by atoms with E-state index in [9.17, 15) is 14.4 Å². The van der Waals surface area contributed by atoms with Gasteiger partial charge in [-0.1, -0.05) is 5.16 Å². The van der Waals surface area contributed by atoms with Crippen LogP contribution in [0.2, 0.25) is 0 Å². The van der Waals surface area contributed by atoms with Crippen molar-refractivity contribution in [2.45, 2.75) is 6.04 Å². The molecule has 4 N–H and O–H groups in total. The minimum atomic E-state index is -1.21. The number of nitrogens with two attached hydrogens (primary N) is 1. The fraction of sp³-hybridized carbons (Fsp3) is 0.364. The van der Waals surface area contributed by atoms with Gasteiger partial charge in [0.15, 0.2) is 17.5 Å². The second kappa shape index (κ2) is 9.41. The number of carboxylic acid groups (broad SMARTS) is 1. The molecule has 0 saturated carbocycles. The monoisotopic (exact) mass is 383 g/mol. The Morgan fingerprint density at radius 2 is 2.33 bits per heavy atom. The van der Waals surface area contributed by atoms with Crippen molar-refractivity contribution in [2.75, 3.05) is 26.0 Å². The molecule has 126 valence electrons. The second-order valence-electron chi connectivity index (χ2n) is 4.29. The van der Waals surface area contributed by atoms with Crippen LogP contribution in [0.4, 0.5) is 5.13 Å². The van der Waals surface area contributed by atoms with E-state index in [0.29, 0.717) is 0 Å². The first-order chi connectivity index (χ1) is 10.9. The Hall–Kier alpha value is -1.09. The van der Waals surface area contributed by atoms with E-state index in [1.54, 1.807) is 0 Å². The predicted octanol–water partition coefficient (Wildman–Crippen LogP) is -2.23. The van der Waals surface area contributed by atoms with Gasteiger partial charge in [0.25, 0.3) is 11.8 Å². The molecule has 0 radical (unpaired) electrons. The van der Waals surface area contributed by atoms with Gasteiger partial charge in [-0.05, 0) is 0 Å². The van der Waals surface area contributed by atoms with Gasteiger partial charge in [0.2, 0.25) is 0 Å². The van der Waals surface area contributed by atoms with E-state index in [-0.39, 0.29) is 74.5 Å². The topological polar surface area (TPSA) is 156 Å². The van der Waals surface area contributed by atoms with Crippen molar-refractivity contribution < 1.29 is 29.2 Å². The van der Waals surface area contributed by atoms with Crippen LogP contribution in [0.15, 0.2) is 10.5 Å². The molecule has 1 saturated heterocycles. The predicted molar refractivity (Wildman–Crippen MR) is 84.5 cm³/mol. The van der Waals surface area contributed by atoms with Crippen molar-refractivity contribution in [3.8, 4) is 0 Å². The Bertz CT molecular complexity index is 665. The van der Waals surface area contributed by atoms with E-state index < -0.39 is 30.4 Å². The Balaban J connectivity index is 0.00000288. The molecule has 0 aliphatic carbocycles. The van der Waals surface area contributed by atoms with Crippen molar-refractivity contribution in [1.82, 2.24) is 15.4 Å². The first-order valence-electron chi connectivity index (χ1n) is 6.22. The van der Waals surface area contributed by atoms with Crippen molar-refractivity contribution in [3.05, 3.63) is 11.1 Å². The van der Waals surface area contributed by atoms with Gasteiger partial charge in [0.1, 0.15) is 18.8 Å². The number of oxime groups is 1. The molecule has 1 atom stereocenters. The van der Waals surface area contributed by atoms with Crippen molar-refractivity contribution >= 4 is 91.3 Å². The van der Waals surface area contributed by atoms with Gasteiger partial charge in [-0.3, -0.25) is 14.4 Å². The fourth-order valence-corrected chi connectivity index (χ4v) is 2.22. The van der Waals surface area contributed by atoms with Crippen molar-refractivity contribution in [2.24, 2.45) is 5.16 Å². The molecule has 0 spiro atoms. The SMILES string of the molecule is CON=C(C(=O)NC1CN(OCC(=O)O)C1=O)c1csc(N)n1.[KH].